The molecule has 0 spiro atoms. The van der Waals surface area contributed by atoms with Crippen LogP contribution in [0.25, 0.3) is 0 Å². The standard InChI is InChI=1S/C13H24N4O/c1-6-13(3,4)17-11-8-10(14-7-2)15-12(16-11)9-18-5/h8H,6-7,9H2,1-5H3,(H2,14,15,16,17). The highest BCUT2D eigenvalue weighted by atomic mass is 16.5. The second-order valence-electron chi connectivity index (χ2n) is 4.88. The van der Waals surface area contributed by atoms with Crippen LogP contribution in [-0.2, 0) is 11.3 Å². The Bertz CT molecular complexity index is 355. The van der Waals surface area contributed by atoms with Gasteiger partial charge in [0.2, 0.25) is 0 Å². The molecular weight excluding hydrogens is 228 g/mol. The molecule has 1 heterocycles. The smallest absolute Gasteiger partial charge is 0.158 e. The van der Waals surface area contributed by atoms with Crippen molar-refractivity contribution in [2.24, 2.45) is 0 Å². The molecule has 1 rings (SSSR count). The number of anilines is 2. The van der Waals surface area contributed by atoms with Crippen molar-refractivity contribution in [3.05, 3.63) is 11.9 Å². The van der Waals surface area contributed by atoms with Crippen LogP contribution >= 0.6 is 0 Å². The molecule has 0 bridgehead atoms. The lowest BCUT2D eigenvalue weighted by atomic mass is 10.0. The second-order valence-corrected chi connectivity index (χ2v) is 4.88. The van der Waals surface area contributed by atoms with Crippen LogP contribution in [0.3, 0.4) is 0 Å². The van der Waals surface area contributed by atoms with Crippen molar-refractivity contribution in [1.29, 1.82) is 0 Å². The van der Waals surface area contributed by atoms with Crippen molar-refractivity contribution in [2.45, 2.75) is 46.3 Å². The first kappa shape index (κ1) is 14.7. The van der Waals surface area contributed by atoms with E-state index < -0.39 is 0 Å². The SMILES string of the molecule is CCNc1cc(NC(C)(C)CC)nc(COC)n1. The van der Waals surface area contributed by atoms with Crippen molar-refractivity contribution >= 4 is 11.6 Å². The third kappa shape index (κ3) is 4.49. The highest BCUT2D eigenvalue weighted by molar-refractivity contribution is 5.48. The summed E-state index contributed by atoms with van der Waals surface area (Å²) in [6.45, 7) is 9.74. The number of rotatable bonds is 7. The predicted molar refractivity (Wildman–Crippen MR) is 74.9 cm³/mol. The summed E-state index contributed by atoms with van der Waals surface area (Å²) < 4.78 is 5.09. The van der Waals surface area contributed by atoms with Gasteiger partial charge in [0.1, 0.15) is 18.2 Å². The van der Waals surface area contributed by atoms with Gasteiger partial charge in [0.05, 0.1) is 0 Å². The van der Waals surface area contributed by atoms with Crippen LogP contribution in [0.1, 0.15) is 39.9 Å². The zero-order valence-electron chi connectivity index (χ0n) is 12.0. The molecule has 0 aliphatic heterocycles. The summed E-state index contributed by atoms with van der Waals surface area (Å²) in [5.41, 5.74) is 0.0161. The zero-order valence-corrected chi connectivity index (χ0v) is 12.0. The molecule has 102 valence electrons. The summed E-state index contributed by atoms with van der Waals surface area (Å²) in [7, 11) is 1.65. The third-order valence-corrected chi connectivity index (χ3v) is 2.75. The molecule has 1 aromatic heterocycles. The molecule has 0 aromatic carbocycles. The van der Waals surface area contributed by atoms with Crippen molar-refractivity contribution in [3.8, 4) is 0 Å². The first-order chi connectivity index (χ1) is 8.50. The summed E-state index contributed by atoms with van der Waals surface area (Å²) in [5, 5.41) is 6.62. The molecular formula is C13H24N4O. The molecule has 0 fully saturated rings. The number of nitrogens with zero attached hydrogens (tertiary/aromatic N) is 2. The van der Waals surface area contributed by atoms with Crippen LogP contribution in [0.2, 0.25) is 0 Å². The number of ether oxygens (including phenoxy) is 1. The van der Waals surface area contributed by atoms with E-state index in [-0.39, 0.29) is 5.54 Å². The fraction of sp³-hybridized carbons (Fsp3) is 0.692. The van der Waals surface area contributed by atoms with Gasteiger partial charge in [-0.2, -0.15) is 0 Å². The van der Waals surface area contributed by atoms with Crippen molar-refractivity contribution in [1.82, 2.24) is 9.97 Å². The lowest BCUT2D eigenvalue weighted by Gasteiger charge is -2.25. The van der Waals surface area contributed by atoms with Gasteiger partial charge in [-0.15, -0.1) is 0 Å². The Morgan fingerprint density at radius 2 is 1.89 bits per heavy atom. The maximum Gasteiger partial charge on any atom is 0.158 e. The molecule has 0 saturated heterocycles. The molecule has 18 heavy (non-hydrogen) atoms. The average Bonchev–Trinajstić information content (AvgIpc) is 2.29. The Morgan fingerprint density at radius 1 is 1.22 bits per heavy atom. The van der Waals surface area contributed by atoms with E-state index in [0.29, 0.717) is 12.4 Å². The molecule has 0 aliphatic carbocycles. The lowest BCUT2D eigenvalue weighted by molar-refractivity contribution is 0.178. The first-order valence-corrected chi connectivity index (χ1v) is 6.39. The molecule has 0 amide bonds. The normalized spacial score (nSPS) is 11.4. The fourth-order valence-electron chi connectivity index (χ4n) is 1.46. The maximum absolute atomic E-state index is 5.09. The molecule has 0 saturated carbocycles. The summed E-state index contributed by atoms with van der Waals surface area (Å²) in [6.07, 6.45) is 1.02. The third-order valence-electron chi connectivity index (χ3n) is 2.75. The molecule has 2 N–H and O–H groups in total. The molecule has 5 heteroatoms. The summed E-state index contributed by atoms with van der Waals surface area (Å²) in [4.78, 5) is 8.83. The minimum Gasteiger partial charge on any atom is -0.377 e. The molecule has 5 nitrogen and oxygen atoms in total. The molecule has 0 radical (unpaired) electrons. The fourth-order valence-corrected chi connectivity index (χ4v) is 1.46. The van der Waals surface area contributed by atoms with E-state index in [1.165, 1.54) is 0 Å². The largest absolute Gasteiger partial charge is 0.377 e. The lowest BCUT2D eigenvalue weighted by Crippen LogP contribution is -2.30. The van der Waals surface area contributed by atoms with Gasteiger partial charge >= 0.3 is 0 Å². The Balaban J connectivity index is 2.95. The van der Waals surface area contributed by atoms with Gasteiger partial charge in [-0.1, -0.05) is 6.92 Å². The van der Waals surface area contributed by atoms with Gasteiger partial charge in [0.25, 0.3) is 0 Å². The van der Waals surface area contributed by atoms with Crippen molar-refractivity contribution in [3.63, 3.8) is 0 Å². The Morgan fingerprint density at radius 3 is 2.44 bits per heavy atom. The van der Waals surface area contributed by atoms with E-state index in [0.717, 1.165) is 24.6 Å². The van der Waals surface area contributed by atoms with Crippen LogP contribution in [0.4, 0.5) is 11.6 Å². The first-order valence-electron chi connectivity index (χ1n) is 6.39. The van der Waals surface area contributed by atoms with Gasteiger partial charge in [0, 0.05) is 25.3 Å². The van der Waals surface area contributed by atoms with Crippen LogP contribution in [0, 0.1) is 0 Å². The van der Waals surface area contributed by atoms with E-state index in [4.69, 9.17) is 4.74 Å². The summed E-state index contributed by atoms with van der Waals surface area (Å²) >= 11 is 0. The van der Waals surface area contributed by atoms with Crippen LogP contribution in [-0.4, -0.2) is 29.2 Å². The number of nitrogens with one attached hydrogen (secondary N) is 2. The predicted octanol–water partition coefficient (Wildman–Crippen LogP) is 2.66. The van der Waals surface area contributed by atoms with Gasteiger partial charge < -0.3 is 15.4 Å². The Kier molecular flexibility index (Phi) is 5.34. The summed E-state index contributed by atoms with van der Waals surface area (Å²) in [6, 6.07) is 1.93. The minimum atomic E-state index is 0.0161. The Labute approximate surface area is 109 Å². The van der Waals surface area contributed by atoms with E-state index >= 15 is 0 Å². The maximum atomic E-state index is 5.09. The minimum absolute atomic E-state index is 0.0161. The zero-order chi connectivity index (χ0) is 13.6. The number of methoxy groups -OCH3 is 1. The number of aromatic nitrogens is 2. The van der Waals surface area contributed by atoms with Crippen LogP contribution in [0.15, 0.2) is 6.07 Å². The van der Waals surface area contributed by atoms with E-state index in [9.17, 15) is 0 Å². The number of hydrogen-bond donors (Lipinski definition) is 2. The topological polar surface area (TPSA) is 59.1 Å². The van der Waals surface area contributed by atoms with E-state index in [1.807, 2.05) is 13.0 Å². The summed E-state index contributed by atoms with van der Waals surface area (Å²) in [5.74, 6) is 2.35. The van der Waals surface area contributed by atoms with Crippen molar-refractivity contribution in [2.75, 3.05) is 24.3 Å². The molecule has 0 atom stereocenters. The van der Waals surface area contributed by atoms with Gasteiger partial charge in [-0.05, 0) is 27.2 Å². The molecule has 0 aliphatic rings. The van der Waals surface area contributed by atoms with E-state index in [1.54, 1.807) is 7.11 Å². The monoisotopic (exact) mass is 252 g/mol. The van der Waals surface area contributed by atoms with Gasteiger partial charge in [-0.3, -0.25) is 0 Å². The van der Waals surface area contributed by atoms with E-state index in [2.05, 4.69) is 41.4 Å². The van der Waals surface area contributed by atoms with Gasteiger partial charge in [0.15, 0.2) is 5.82 Å². The second kappa shape index (κ2) is 6.54. The average molecular weight is 252 g/mol. The molecule has 0 unspecified atom stereocenters. The van der Waals surface area contributed by atoms with Crippen LogP contribution < -0.4 is 10.6 Å². The molecule has 1 aromatic rings. The van der Waals surface area contributed by atoms with Crippen molar-refractivity contribution < 1.29 is 4.74 Å². The van der Waals surface area contributed by atoms with Crippen LogP contribution in [0.5, 0.6) is 0 Å². The highest BCUT2D eigenvalue weighted by Gasteiger charge is 2.16. The highest BCUT2D eigenvalue weighted by Crippen LogP contribution is 2.18. The quantitative estimate of drug-likeness (QED) is 0.781. The van der Waals surface area contributed by atoms with Gasteiger partial charge in [-0.25, -0.2) is 9.97 Å². The Hall–Kier alpha value is -1.36. The number of hydrogen-bond acceptors (Lipinski definition) is 5.